The van der Waals surface area contributed by atoms with Gasteiger partial charge in [0.25, 0.3) is 0 Å². The monoisotopic (exact) mass is 176 g/mol. The van der Waals surface area contributed by atoms with E-state index >= 15 is 0 Å². The van der Waals surface area contributed by atoms with Crippen molar-refractivity contribution < 1.29 is 22.4 Å². The van der Waals surface area contributed by atoms with Crippen molar-refractivity contribution in [3.63, 3.8) is 0 Å². The van der Waals surface area contributed by atoms with Crippen LogP contribution in [0.1, 0.15) is 0 Å². The third kappa shape index (κ3) is 8.02. The van der Waals surface area contributed by atoms with E-state index in [1.54, 1.807) is 0 Å². The summed E-state index contributed by atoms with van der Waals surface area (Å²) in [7, 11) is -9.05. The van der Waals surface area contributed by atoms with Crippen molar-refractivity contribution in [2.45, 2.75) is 0 Å². The third-order valence-electron chi connectivity index (χ3n) is 0.246. The summed E-state index contributed by atoms with van der Waals surface area (Å²) < 4.78 is 37.9. The van der Waals surface area contributed by atoms with Crippen molar-refractivity contribution in [3.05, 3.63) is 0 Å². The minimum atomic E-state index is -4.67. The van der Waals surface area contributed by atoms with E-state index in [1.807, 2.05) is 0 Å². The van der Waals surface area contributed by atoms with E-state index in [1.165, 1.54) is 0 Å². The smallest absolute Gasteiger partial charge is 0.321 e. The van der Waals surface area contributed by atoms with E-state index < -0.39 is 18.0 Å². The summed E-state index contributed by atoms with van der Waals surface area (Å²) in [5, 5.41) is 0. The van der Waals surface area contributed by atoms with Crippen molar-refractivity contribution in [1.29, 1.82) is 0 Å². The summed E-state index contributed by atoms with van der Waals surface area (Å²) in [5.74, 6) is 0. The lowest BCUT2D eigenvalue weighted by molar-refractivity contribution is 0.454. The standard InChI is InChI=1S/H5N2O5PS/c1-8(3,4)2-9(5,6)7/h(H,5,6,7)(H4,1,2,3,4). The van der Waals surface area contributed by atoms with Crippen LogP contribution in [0, 0.1) is 0 Å². The normalized spacial score (nSPS) is 19.0. The molecule has 0 radical (unpaired) electrons. The molecule has 0 amide bonds. The molecule has 0 aromatic heterocycles. The second kappa shape index (κ2) is 2.33. The van der Waals surface area contributed by atoms with E-state index in [0.717, 1.165) is 4.49 Å². The van der Waals surface area contributed by atoms with Crippen LogP contribution in [0.3, 0.4) is 0 Å². The van der Waals surface area contributed by atoms with Crippen LogP contribution in [0.2, 0.25) is 0 Å². The van der Waals surface area contributed by atoms with E-state index in [2.05, 4.69) is 5.50 Å². The van der Waals surface area contributed by atoms with Gasteiger partial charge in [-0.3, -0.25) is 9.12 Å². The van der Waals surface area contributed by atoms with Crippen LogP contribution in [-0.4, -0.2) is 17.9 Å². The Labute approximate surface area is 51.3 Å². The lowest BCUT2D eigenvalue weighted by Gasteiger charge is -2.01. The van der Waals surface area contributed by atoms with E-state index in [0.29, 0.717) is 0 Å². The molecule has 0 spiro atoms. The van der Waals surface area contributed by atoms with Gasteiger partial charge < -0.3 is 4.89 Å². The third-order valence-corrected chi connectivity index (χ3v) is 2.22. The van der Waals surface area contributed by atoms with Crippen molar-refractivity contribution in [2.24, 2.45) is 5.50 Å². The first kappa shape index (κ1) is 9.02. The van der Waals surface area contributed by atoms with Crippen LogP contribution in [0.15, 0.2) is 0 Å². The first-order valence-corrected chi connectivity index (χ1v) is 4.75. The molecule has 0 aliphatic heterocycles. The van der Waals surface area contributed by atoms with E-state index in [9.17, 15) is 13.0 Å². The molecule has 0 bridgehead atoms. The minimum absolute atomic E-state index is 0.875. The number of hydrogen-bond acceptors (Lipinski definition) is 3. The van der Waals surface area contributed by atoms with Crippen molar-refractivity contribution in [2.75, 3.05) is 0 Å². The Morgan fingerprint density at radius 3 is 1.89 bits per heavy atom. The topological polar surface area (TPSA) is 130 Å². The molecular weight excluding hydrogens is 171 g/mol. The summed E-state index contributed by atoms with van der Waals surface area (Å²) in [6.07, 6.45) is 0. The SMILES string of the molecule is NP(=O)(O)NS(=O)(=O)O. The van der Waals surface area contributed by atoms with Gasteiger partial charge in [-0.05, 0) is 0 Å². The number of nitrogens with two attached hydrogens (primary N) is 1. The second-order valence-corrected chi connectivity index (χ2v) is 4.12. The van der Waals surface area contributed by atoms with Crippen LogP contribution in [-0.2, 0) is 14.9 Å². The van der Waals surface area contributed by atoms with Gasteiger partial charge in [-0.1, -0.05) is 0 Å². The fraction of sp³-hybridized carbons (Fsp3) is 0. The maximum Gasteiger partial charge on any atom is 0.350 e. The van der Waals surface area contributed by atoms with Gasteiger partial charge in [0.05, 0.1) is 0 Å². The molecule has 1 unspecified atom stereocenters. The molecule has 0 aliphatic rings. The Balaban J connectivity index is 4.26. The molecule has 1 atom stereocenters. The maximum absolute atomic E-state index is 9.91. The Morgan fingerprint density at radius 1 is 1.56 bits per heavy atom. The summed E-state index contributed by atoms with van der Waals surface area (Å²) in [5.41, 5.74) is 4.28. The highest BCUT2D eigenvalue weighted by molar-refractivity contribution is 7.90. The van der Waals surface area contributed by atoms with E-state index in [-0.39, 0.29) is 0 Å². The largest absolute Gasteiger partial charge is 0.350 e. The summed E-state index contributed by atoms with van der Waals surface area (Å²) in [6.45, 7) is 0. The molecule has 5 N–H and O–H groups in total. The van der Waals surface area contributed by atoms with E-state index in [4.69, 9.17) is 9.45 Å². The molecule has 0 aromatic rings. The van der Waals surface area contributed by atoms with Gasteiger partial charge in [0, 0.05) is 0 Å². The van der Waals surface area contributed by atoms with Gasteiger partial charge >= 0.3 is 18.0 Å². The molecule has 0 aliphatic carbocycles. The first-order valence-electron chi connectivity index (χ1n) is 1.58. The molecule has 0 rings (SSSR count). The highest BCUT2D eigenvalue weighted by atomic mass is 32.2. The highest BCUT2D eigenvalue weighted by Crippen LogP contribution is 2.23. The number of hydrogen-bond donors (Lipinski definition) is 4. The minimum Gasteiger partial charge on any atom is -0.321 e. The van der Waals surface area contributed by atoms with Gasteiger partial charge in [0.1, 0.15) is 0 Å². The molecule has 0 saturated carbocycles. The van der Waals surface area contributed by atoms with Gasteiger partial charge in [0.2, 0.25) is 0 Å². The number of rotatable bonds is 2. The van der Waals surface area contributed by atoms with Gasteiger partial charge in [-0.25, -0.2) is 5.50 Å². The Morgan fingerprint density at radius 2 is 1.89 bits per heavy atom. The van der Waals surface area contributed by atoms with Crippen molar-refractivity contribution in [3.8, 4) is 0 Å². The zero-order valence-corrected chi connectivity index (χ0v) is 5.76. The Bertz CT molecular complexity index is 221. The average Bonchev–Trinajstić information content (AvgIpc) is 1.14. The molecule has 9 heavy (non-hydrogen) atoms. The predicted octanol–water partition coefficient (Wildman–Crippen LogP) is -1.56. The molecular formula is H5N2O5PS. The van der Waals surface area contributed by atoms with Crippen LogP contribution in [0.4, 0.5) is 0 Å². The predicted molar refractivity (Wildman–Crippen MR) is 28.7 cm³/mol. The lowest BCUT2D eigenvalue weighted by atomic mass is 13.9. The highest BCUT2D eigenvalue weighted by Gasteiger charge is 2.17. The zero-order chi connectivity index (χ0) is 7.71. The Kier molecular flexibility index (Phi) is 2.34. The van der Waals surface area contributed by atoms with Crippen LogP contribution in [0.25, 0.3) is 0 Å². The lowest BCUT2D eigenvalue weighted by Crippen LogP contribution is -2.22. The summed E-state index contributed by atoms with van der Waals surface area (Å²) in [4.78, 5) is 8.04. The van der Waals surface area contributed by atoms with Crippen LogP contribution >= 0.6 is 7.67 Å². The quantitative estimate of drug-likeness (QED) is 0.297. The second-order valence-electron chi connectivity index (χ2n) is 1.19. The molecule has 0 aromatic carbocycles. The Hall–Kier alpha value is 0.0200. The number of nitrogens with one attached hydrogen (secondary N) is 1. The molecule has 7 nitrogen and oxygen atoms in total. The maximum atomic E-state index is 9.91. The van der Waals surface area contributed by atoms with Gasteiger partial charge in [-0.15, -0.1) is 4.49 Å². The molecule has 9 heteroatoms. The molecule has 0 fully saturated rings. The van der Waals surface area contributed by atoms with Crippen LogP contribution < -0.4 is 10.00 Å². The van der Waals surface area contributed by atoms with Gasteiger partial charge in [0.15, 0.2) is 0 Å². The summed E-state index contributed by atoms with van der Waals surface area (Å²) in [6, 6.07) is 0. The fourth-order valence-electron chi connectivity index (χ4n) is 0.165. The fourth-order valence-corrected chi connectivity index (χ4v) is 1.49. The van der Waals surface area contributed by atoms with Gasteiger partial charge in [-0.2, -0.15) is 8.42 Å². The molecule has 56 valence electrons. The molecule has 0 saturated heterocycles. The average molecular weight is 176 g/mol. The van der Waals surface area contributed by atoms with Crippen LogP contribution in [0.5, 0.6) is 0 Å². The van der Waals surface area contributed by atoms with Crippen molar-refractivity contribution >= 4 is 18.0 Å². The zero-order valence-electron chi connectivity index (χ0n) is 4.05. The molecule has 0 heterocycles. The van der Waals surface area contributed by atoms with Crippen molar-refractivity contribution in [1.82, 2.24) is 4.49 Å². The first-order chi connectivity index (χ1) is 3.71. The summed E-state index contributed by atoms with van der Waals surface area (Å²) >= 11 is 0.